The van der Waals surface area contributed by atoms with E-state index in [2.05, 4.69) is 26.3 Å². The number of ether oxygens (including phenoxy) is 1. The number of fused-ring (bicyclic) bond motifs is 1. The lowest BCUT2D eigenvalue weighted by molar-refractivity contribution is -0.116. The van der Waals surface area contributed by atoms with Gasteiger partial charge in [-0.15, -0.1) is 4.31 Å². The molecule has 11 nitrogen and oxygen atoms in total. The van der Waals surface area contributed by atoms with Crippen molar-refractivity contribution in [3.05, 3.63) is 88.9 Å². The van der Waals surface area contributed by atoms with Crippen molar-refractivity contribution in [2.45, 2.75) is 49.7 Å². The van der Waals surface area contributed by atoms with Crippen LogP contribution in [-0.2, 0) is 22.7 Å². The highest BCUT2D eigenvalue weighted by atomic mass is 32.2. The molecule has 0 saturated heterocycles. The average Bonchev–Trinajstić information content (AvgIpc) is 3.20. The predicted molar refractivity (Wildman–Crippen MR) is 179 cm³/mol. The molecular formula is C32H38N8O3S2. The van der Waals surface area contributed by atoms with Crippen LogP contribution < -0.4 is 26.6 Å². The number of aryl methyl sites for hydroxylation is 1. The first-order chi connectivity index (χ1) is 21.7. The summed E-state index contributed by atoms with van der Waals surface area (Å²) in [6.45, 7) is 7.82. The summed E-state index contributed by atoms with van der Waals surface area (Å²) < 4.78 is 21.2. The molecule has 3 heterocycles. The van der Waals surface area contributed by atoms with E-state index in [1.165, 1.54) is 11.8 Å². The van der Waals surface area contributed by atoms with Gasteiger partial charge in [0.15, 0.2) is 5.16 Å². The van der Waals surface area contributed by atoms with Gasteiger partial charge in [0.25, 0.3) is 5.88 Å². The molecular weight excluding hydrogens is 609 g/mol. The molecule has 0 bridgehead atoms. The second-order valence-electron chi connectivity index (χ2n) is 10.7. The summed E-state index contributed by atoms with van der Waals surface area (Å²) >= 11 is -0.0160. The Morgan fingerprint density at radius 3 is 2.71 bits per heavy atom. The van der Waals surface area contributed by atoms with E-state index in [-0.39, 0.29) is 18.2 Å². The van der Waals surface area contributed by atoms with Crippen LogP contribution in [0.1, 0.15) is 47.1 Å². The van der Waals surface area contributed by atoms with Gasteiger partial charge in [-0.2, -0.15) is 0 Å². The number of carbonyl (C=O) groups is 1. The number of nitrogens with one attached hydrogen (secondary N) is 1. The van der Waals surface area contributed by atoms with Gasteiger partial charge in [-0.3, -0.25) is 4.79 Å². The summed E-state index contributed by atoms with van der Waals surface area (Å²) in [6.07, 6.45) is 6.89. The molecule has 5 rings (SSSR count). The van der Waals surface area contributed by atoms with Crippen LogP contribution in [0, 0.1) is 13.8 Å². The van der Waals surface area contributed by atoms with E-state index in [0.717, 1.165) is 33.5 Å². The minimum atomic E-state index is -1.45. The van der Waals surface area contributed by atoms with E-state index in [9.17, 15) is 9.35 Å². The minimum absolute atomic E-state index is 0.148. The number of hydrogen-bond donors (Lipinski definition) is 3. The molecule has 0 spiro atoms. The summed E-state index contributed by atoms with van der Waals surface area (Å²) in [6, 6.07) is 13.6. The van der Waals surface area contributed by atoms with E-state index in [1.54, 1.807) is 35.7 Å². The third-order valence-corrected chi connectivity index (χ3v) is 9.95. The summed E-state index contributed by atoms with van der Waals surface area (Å²) in [5.74, 6) is 6.08. The van der Waals surface area contributed by atoms with E-state index in [4.69, 9.17) is 16.3 Å². The Hall–Kier alpha value is -3.88. The number of thioether (sulfide) groups is 1. The SMILES string of the molecule is CCN(N)c1ccc(C(CC(=O)Nc2cnc(SC)nc2)c2ccc(C)c(CN3CCOc4ncccc4[S+]3[O-])c2)c(C)c1N. The molecule has 1 amide bonds. The van der Waals surface area contributed by atoms with Crippen molar-refractivity contribution in [3.8, 4) is 5.88 Å². The number of pyridine rings is 1. The number of nitrogens with zero attached hydrogens (tertiary/aromatic N) is 5. The second-order valence-corrected chi connectivity index (χ2v) is 12.9. The number of benzene rings is 2. The number of carbonyl (C=O) groups excluding carboxylic acids is 1. The molecule has 4 aromatic rings. The Morgan fingerprint density at radius 2 is 1.98 bits per heavy atom. The van der Waals surface area contributed by atoms with Gasteiger partial charge < -0.3 is 25.3 Å². The third-order valence-electron chi connectivity index (χ3n) is 7.90. The molecule has 1 aliphatic rings. The van der Waals surface area contributed by atoms with Crippen molar-refractivity contribution in [1.29, 1.82) is 0 Å². The molecule has 0 radical (unpaired) electrons. The lowest BCUT2D eigenvalue weighted by Gasteiger charge is -2.26. The Labute approximate surface area is 271 Å². The van der Waals surface area contributed by atoms with Gasteiger partial charge in [0, 0.05) is 31.1 Å². The zero-order valence-electron chi connectivity index (χ0n) is 25.8. The van der Waals surface area contributed by atoms with Gasteiger partial charge in [-0.25, -0.2) is 20.8 Å². The number of rotatable bonds is 10. The lowest BCUT2D eigenvalue weighted by Crippen LogP contribution is -2.32. The summed E-state index contributed by atoms with van der Waals surface area (Å²) in [5, 5.41) is 5.18. The van der Waals surface area contributed by atoms with E-state index in [1.807, 2.05) is 55.6 Å². The summed E-state index contributed by atoms with van der Waals surface area (Å²) in [4.78, 5) is 26.9. The number of amides is 1. The van der Waals surface area contributed by atoms with Crippen LogP contribution in [0.3, 0.4) is 0 Å². The second kappa shape index (κ2) is 14.5. The topological polar surface area (TPSA) is 159 Å². The molecule has 45 heavy (non-hydrogen) atoms. The molecule has 236 valence electrons. The first-order valence-electron chi connectivity index (χ1n) is 14.6. The number of nitrogen functional groups attached to an aromatic ring is 1. The number of hydrazine groups is 1. The largest absolute Gasteiger partial charge is 0.593 e. The maximum Gasteiger partial charge on any atom is 0.272 e. The van der Waals surface area contributed by atoms with Crippen molar-refractivity contribution < 1.29 is 14.1 Å². The quantitative estimate of drug-likeness (QED) is 0.0553. The fourth-order valence-corrected chi connectivity index (χ4v) is 6.86. The van der Waals surface area contributed by atoms with Crippen molar-refractivity contribution in [3.63, 3.8) is 0 Å². The highest BCUT2D eigenvalue weighted by Crippen LogP contribution is 2.38. The molecule has 2 atom stereocenters. The molecule has 2 unspecified atom stereocenters. The molecule has 2 aromatic carbocycles. The molecule has 0 fully saturated rings. The third kappa shape index (κ3) is 7.34. The van der Waals surface area contributed by atoms with E-state index in [0.29, 0.717) is 53.5 Å². The molecule has 0 aliphatic carbocycles. The highest BCUT2D eigenvalue weighted by molar-refractivity contribution is 7.98. The normalized spacial score (nSPS) is 15.5. The van der Waals surface area contributed by atoms with Crippen LogP contribution >= 0.6 is 11.8 Å². The predicted octanol–water partition coefficient (Wildman–Crippen LogP) is 4.57. The van der Waals surface area contributed by atoms with Gasteiger partial charge in [0.2, 0.25) is 10.8 Å². The maximum atomic E-state index is 13.6. The summed E-state index contributed by atoms with van der Waals surface area (Å²) in [7, 11) is 0. The van der Waals surface area contributed by atoms with Crippen LogP contribution in [0.25, 0.3) is 0 Å². The van der Waals surface area contributed by atoms with Crippen molar-refractivity contribution in [2.75, 3.05) is 42.0 Å². The van der Waals surface area contributed by atoms with E-state index < -0.39 is 11.4 Å². The molecule has 2 aromatic heterocycles. The number of anilines is 3. The molecule has 0 saturated carbocycles. The first kappa shape index (κ1) is 32.5. The Bertz CT molecular complexity index is 1660. The molecule has 13 heteroatoms. The average molecular weight is 647 g/mol. The van der Waals surface area contributed by atoms with Crippen molar-refractivity contribution in [2.24, 2.45) is 5.84 Å². The number of aromatic nitrogens is 3. The Morgan fingerprint density at radius 1 is 1.20 bits per heavy atom. The Kier molecular flexibility index (Phi) is 10.5. The number of hydrogen-bond acceptors (Lipinski definition) is 11. The zero-order valence-corrected chi connectivity index (χ0v) is 27.5. The van der Waals surface area contributed by atoms with Crippen molar-refractivity contribution in [1.82, 2.24) is 19.3 Å². The smallest absolute Gasteiger partial charge is 0.272 e. The summed E-state index contributed by atoms with van der Waals surface area (Å²) in [5.41, 5.74) is 13.2. The van der Waals surface area contributed by atoms with Gasteiger partial charge in [-0.05, 0) is 67.0 Å². The highest BCUT2D eigenvalue weighted by Gasteiger charge is 2.31. The van der Waals surface area contributed by atoms with Crippen LogP contribution in [-0.4, -0.2) is 55.7 Å². The lowest BCUT2D eigenvalue weighted by atomic mass is 9.83. The van der Waals surface area contributed by atoms with Crippen molar-refractivity contribution >= 4 is 46.1 Å². The van der Waals surface area contributed by atoms with Crippen LogP contribution in [0.4, 0.5) is 17.1 Å². The van der Waals surface area contributed by atoms with Gasteiger partial charge in [0.05, 0.1) is 53.9 Å². The van der Waals surface area contributed by atoms with E-state index >= 15 is 0 Å². The van der Waals surface area contributed by atoms with Gasteiger partial charge >= 0.3 is 0 Å². The standard InChI is InChI=1S/C32H38N8O3S2/c1-5-40(34)27-11-10-25(21(3)30(27)33)26(16-29(41)38-24-17-36-32(44-4)37-18-24)22-9-8-20(2)23(15-22)19-39-13-14-43-31-28(45(39)42)7-6-12-35-31/h6-12,15,17-18,26H,5,13-14,16,19,33-34H2,1-4H3,(H,38,41). The first-order valence-corrected chi connectivity index (χ1v) is 16.9. The molecule has 1 aliphatic heterocycles. The number of nitrogens with two attached hydrogens (primary N) is 2. The zero-order chi connectivity index (χ0) is 32.1. The fourth-order valence-electron chi connectivity index (χ4n) is 5.31. The fraction of sp³-hybridized carbons (Fsp3) is 0.312. The monoisotopic (exact) mass is 646 g/mol. The minimum Gasteiger partial charge on any atom is -0.593 e. The van der Waals surface area contributed by atoms with Gasteiger partial charge in [-0.1, -0.05) is 36.0 Å². The van der Waals surface area contributed by atoms with Gasteiger partial charge in [0.1, 0.15) is 6.61 Å². The van der Waals surface area contributed by atoms with Crippen LogP contribution in [0.5, 0.6) is 5.88 Å². The maximum absolute atomic E-state index is 13.6. The Balaban J connectivity index is 1.49. The molecule has 5 N–H and O–H groups in total. The van der Waals surface area contributed by atoms with Crippen LogP contribution in [0.2, 0.25) is 0 Å². The van der Waals surface area contributed by atoms with Crippen LogP contribution in [0.15, 0.2) is 71.1 Å².